The maximum absolute atomic E-state index is 5.23. The number of rotatable bonds is 4. The predicted octanol–water partition coefficient (Wildman–Crippen LogP) is 7.31. The van der Waals surface area contributed by atoms with Crippen molar-refractivity contribution in [3.05, 3.63) is 84.9 Å². The van der Waals surface area contributed by atoms with Gasteiger partial charge in [-0.3, -0.25) is 0 Å². The maximum atomic E-state index is 5.23. The van der Waals surface area contributed by atoms with E-state index in [9.17, 15) is 0 Å². The van der Waals surface area contributed by atoms with Gasteiger partial charge in [-0.2, -0.15) is 0 Å². The lowest BCUT2D eigenvalue weighted by Crippen LogP contribution is -2.23. The summed E-state index contributed by atoms with van der Waals surface area (Å²) in [4.78, 5) is 5.23. The van der Waals surface area contributed by atoms with Crippen LogP contribution in [0.4, 0.5) is 5.82 Å². The van der Waals surface area contributed by atoms with E-state index < -0.39 is 0 Å². The Bertz CT molecular complexity index is 1100. The Balaban J connectivity index is 1.75. The number of fused-ring (bicyclic) bond motifs is 1. The molecule has 1 heterocycles. The first kappa shape index (κ1) is 17.9. The number of anilines is 1. The molecule has 0 atom stereocenters. The molecule has 0 amide bonds. The van der Waals surface area contributed by atoms with E-state index in [2.05, 4.69) is 90.2 Å². The van der Waals surface area contributed by atoms with Crippen molar-refractivity contribution >= 4 is 16.6 Å². The summed E-state index contributed by atoms with van der Waals surface area (Å²) < 4.78 is 0. The Labute approximate surface area is 172 Å². The molecule has 1 aromatic heterocycles. The Morgan fingerprint density at radius 2 is 1.21 bits per heavy atom. The van der Waals surface area contributed by atoms with E-state index in [4.69, 9.17) is 4.98 Å². The van der Waals surface area contributed by atoms with E-state index in [1.807, 2.05) is 0 Å². The van der Waals surface area contributed by atoms with Crippen LogP contribution in [-0.4, -0.2) is 11.0 Å². The highest BCUT2D eigenvalue weighted by molar-refractivity contribution is 6.07. The normalized spacial score (nSPS) is 14.8. The molecule has 3 aromatic carbocycles. The summed E-state index contributed by atoms with van der Waals surface area (Å²) in [5, 5.41) is 6.26. The van der Waals surface area contributed by atoms with E-state index in [1.165, 1.54) is 54.0 Å². The molecule has 0 unspecified atom stereocenters. The van der Waals surface area contributed by atoms with Crippen molar-refractivity contribution in [2.24, 2.45) is 0 Å². The van der Waals surface area contributed by atoms with Gasteiger partial charge in [0.05, 0.1) is 5.69 Å². The lowest BCUT2D eigenvalue weighted by molar-refractivity contribution is 0.462. The molecule has 2 heteroatoms. The van der Waals surface area contributed by atoms with Crippen LogP contribution >= 0.6 is 0 Å². The number of benzene rings is 3. The second kappa shape index (κ2) is 8.08. The van der Waals surface area contributed by atoms with Gasteiger partial charge in [-0.15, -0.1) is 0 Å². The molecule has 0 saturated heterocycles. The van der Waals surface area contributed by atoms with Crippen LogP contribution in [-0.2, 0) is 0 Å². The van der Waals surface area contributed by atoms with E-state index in [0.29, 0.717) is 6.04 Å². The number of nitrogens with one attached hydrogen (secondary N) is 1. The standard InChI is InChI=1S/C27H26N2/c1-4-12-20(13-5-1)25-23-18-10-11-19-24(23)27(28-22-16-8-3-9-17-22)29-26(25)21-14-6-2-7-15-21/h1-2,4-7,10-15,18-19,22H,3,8-9,16-17H2,(H,28,29). The summed E-state index contributed by atoms with van der Waals surface area (Å²) in [5.74, 6) is 1.02. The van der Waals surface area contributed by atoms with Crippen LogP contribution in [0.25, 0.3) is 33.2 Å². The highest BCUT2D eigenvalue weighted by Crippen LogP contribution is 2.40. The van der Waals surface area contributed by atoms with E-state index in [-0.39, 0.29) is 0 Å². The molecule has 4 aromatic rings. The van der Waals surface area contributed by atoms with Crippen LogP contribution in [0.3, 0.4) is 0 Å². The number of nitrogens with zero attached hydrogens (tertiary/aromatic N) is 1. The van der Waals surface area contributed by atoms with Crippen molar-refractivity contribution < 1.29 is 0 Å². The summed E-state index contributed by atoms with van der Waals surface area (Å²) in [6.45, 7) is 0. The molecule has 29 heavy (non-hydrogen) atoms. The molecule has 1 aliphatic carbocycles. The second-order valence-corrected chi connectivity index (χ2v) is 7.94. The van der Waals surface area contributed by atoms with Crippen molar-refractivity contribution in [1.29, 1.82) is 0 Å². The van der Waals surface area contributed by atoms with Crippen molar-refractivity contribution in [1.82, 2.24) is 4.98 Å². The van der Waals surface area contributed by atoms with Gasteiger partial charge in [-0.25, -0.2) is 4.98 Å². The van der Waals surface area contributed by atoms with Crippen molar-refractivity contribution in [2.45, 2.75) is 38.1 Å². The van der Waals surface area contributed by atoms with Gasteiger partial charge in [-0.05, 0) is 23.8 Å². The Morgan fingerprint density at radius 3 is 1.90 bits per heavy atom. The highest BCUT2D eigenvalue weighted by atomic mass is 15.0. The van der Waals surface area contributed by atoms with E-state index in [0.717, 1.165) is 17.1 Å². The van der Waals surface area contributed by atoms with Crippen LogP contribution < -0.4 is 5.32 Å². The zero-order chi connectivity index (χ0) is 19.5. The summed E-state index contributed by atoms with van der Waals surface area (Å²) in [5.41, 5.74) is 4.62. The quantitative estimate of drug-likeness (QED) is 0.402. The molecule has 5 rings (SSSR count). The predicted molar refractivity (Wildman–Crippen MR) is 123 cm³/mol. The Kier molecular flexibility index (Phi) is 5.00. The summed E-state index contributed by atoms with van der Waals surface area (Å²) in [6.07, 6.45) is 6.44. The molecule has 0 aliphatic heterocycles. The first-order valence-corrected chi connectivity index (χ1v) is 10.7. The fraction of sp³-hybridized carbons (Fsp3) is 0.222. The first-order valence-electron chi connectivity index (χ1n) is 10.7. The monoisotopic (exact) mass is 378 g/mol. The molecule has 0 radical (unpaired) electrons. The summed E-state index contributed by atoms with van der Waals surface area (Å²) in [6, 6.07) is 30.4. The maximum Gasteiger partial charge on any atom is 0.134 e. The molecular formula is C27H26N2. The molecule has 1 N–H and O–H groups in total. The summed E-state index contributed by atoms with van der Waals surface area (Å²) in [7, 11) is 0. The summed E-state index contributed by atoms with van der Waals surface area (Å²) >= 11 is 0. The van der Waals surface area contributed by atoms with Crippen LogP contribution in [0, 0.1) is 0 Å². The van der Waals surface area contributed by atoms with Crippen molar-refractivity contribution in [3.8, 4) is 22.4 Å². The lowest BCUT2D eigenvalue weighted by atomic mass is 9.93. The zero-order valence-electron chi connectivity index (χ0n) is 16.6. The third kappa shape index (κ3) is 3.63. The van der Waals surface area contributed by atoms with E-state index >= 15 is 0 Å². The molecule has 144 valence electrons. The Morgan fingerprint density at radius 1 is 0.621 bits per heavy atom. The van der Waals surface area contributed by atoms with Crippen molar-refractivity contribution in [2.75, 3.05) is 5.32 Å². The van der Waals surface area contributed by atoms with Crippen LogP contribution in [0.15, 0.2) is 84.9 Å². The minimum atomic E-state index is 0.519. The second-order valence-electron chi connectivity index (χ2n) is 7.94. The minimum absolute atomic E-state index is 0.519. The molecule has 0 spiro atoms. The molecule has 2 nitrogen and oxygen atoms in total. The van der Waals surface area contributed by atoms with Gasteiger partial charge in [0.25, 0.3) is 0 Å². The van der Waals surface area contributed by atoms with E-state index in [1.54, 1.807) is 0 Å². The largest absolute Gasteiger partial charge is 0.367 e. The van der Waals surface area contributed by atoms with Crippen LogP contribution in [0.5, 0.6) is 0 Å². The molecule has 1 fully saturated rings. The van der Waals surface area contributed by atoms with Crippen molar-refractivity contribution in [3.63, 3.8) is 0 Å². The average molecular weight is 379 g/mol. The fourth-order valence-corrected chi connectivity index (χ4v) is 4.52. The lowest BCUT2D eigenvalue weighted by Gasteiger charge is -2.25. The number of pyridine rings is 1. The average Bonchev–Trinajstić information content (AvgIpc) is 2.81. The fourth-order valence-electron chi connectivity index (χ4n) is 4.52. The van der Waals surface area contributed by atoms with Gasteiger partial charge in [0.15, 0.2) is 0 Å². The zero-order valence-corrected chi connectivity index (χ0v) is 16.6. The van der Waals surface area contributed by atoms with Gasteiger partial charge in [0.1, 0.15) is 5.82 Å². The minimum Gasteiger partial charge on any atom is -0.367 e. The van der Waals surface area contributed by atoms with Crippen LogP contribution in [0.1, 0.15) is 32.1 Å². The number of aromatic nitrogens is 1. The Hall–Kier alpha value is -3.13. The van der Waals surface area contributed by atoms with Gasteiger partial charge in [0.2, 0.25) is 0 Å². The highest BCUT2D eigenvalue weighted by Gasteiger charge is 2.19. The smallest absolute Gasteiger partial charge is 0.134 e. The van der Waals surface area contributed by atoms with Gasteiger partial charge in [0, 0.05) is 22.6 Å². The SMILES string of the molecule is c1ccc(-c2nc(NC3CCCCC3)c3ccccc3c2-c2ccccc2)cc1. The third-order valence-corrected chi connectivity index (χ3v) is 5.97. The molecule has 1 aliphatic rings. The topological polar surface area (TPSA) is 24.9 Å². The molecule has 0 bridgehead atoms. The van der Waals surface area contributed by atoms with Gasteiger partial charge in [-0.1, -0.05) is 104 Å². The molecular weight excluding hydrogens is 352 g/mol. The first-order chi connectivity index (χ1) is 14.4. The van der Waals surface area contributed by atoms with Gasteiger partial charge < -0.3 is 5.32 Å². The third-order valence-electron chi connectivity index (χ3n) is 5.97. The number of hydrogen-bond acceptors (Lipinski definition) is 2. The molecule has 1 saturated carbocycles. The van der Waals surface area contributed by atoms with Crippen LogP contribution in [0.2, 0.25) is 0 Å². The van der Waals surface area contributed by atoms with Gasteiger partial charge >= 0.3 is 0 Å². The number of hydrogen-bond donors (Lipinski definition) is 1.